The van der Waals surface area contributed by atoms with Crippen LogP contribution in [0.1, 0.15) is 22.3 Å². The lowest BCUT2D eigenvalue weighted by Gasteiger charge is -2.13. The van der Waals surface area contributed by atoms with E-state index in [1.165, 1.54) is 0 Å². The van der Waals surface area contributed by atoms with Crippen LogP contribution in [0.15, 0.2) is 66.7 Å². The minimum atomic E-state index is -3.35. The van der Waals surface area contributed by atoms with E-state index in [1.54, 1.807) is 13.2 Å². The van der Waals surface area contributed by atoms with Gasteiger partial charge < -0.3 is 9.47 Å². The van der Waals surface area contributed by atoms with Gasteiger partial charge in [-0.05, 0) is 58.7 Å². The molecule has 5 nitrogen and oxygen atoms in total. The molecule has 29 heavy (non-hydrogen) atoms. The van der Waals surface area contributed by atoms with Crippen LogP contribution in [0.2, 0.25) is 0 Å². The van der Waals surface area contributed by atoms with E-state index in [-0.39, 0.29) is 0 Å². The van der Waals surface area contributed by atoms with Crippen molar-refractivity contribution in [3.05, 3.63) is 89.0 Å². The zero-order valence-corrected chi connectivity index (χ0v) is 17.0. The Balaban J connectivity index is 1.89. The summed E-state index contributed by atoms with van der Waals surface area (Å²) in [5, 5.41) is 0. The second kappa shape index (κ2) is 7.64. The molecule has 0 saturated carbocycles. The molecule has 0 aliphatic carbocycles. The van der Waals surface area contributed by atoms with Crippen LogP contribution < -0.4 is 14.2 Å². The molecule has 0 atom stereocenters. The molecule has 148 valence electrons. The number of hydrogen-bond donors (Lipinski definition) is 1. The Bertz CT molecular complexity index is 1200. The number of benzene rings is 3. The minimum absolute atomic E-state index is 0.475. The highest BCUT2D eigenvalue weighted by atomic mass is 32.2. The van der Waals surface area contributed by atoms with Gasteiger partial charge in [-0.1, -0.05) is 36.4 Å². The van der Waals surface area contributed by atoms with E-state index in [0.29, 0.717) is 12.3 Å². The molecule has 3 aromatic carbocycles. The molecule has 0 aromatic heterocycles. The first kappa shape index (κ1) is 19.1. The maximum absolute atomic E-state index is 11.6. The van der Waals surface area contributed by atoms with Crippen molar-refractivity contribution < 1.29 is 17.9 Å². The molecule has 1 aliphatic heterocycles. The van der Waals surface area contributed by atoms with Crippen molar-refractivity contribution in [2.24, 2.45) is 0 Å². The Kier molecular flexibility index (Phi) is 5.03. The van der Waals surface area contributed by atoms with Gasteiger partial charge in [-0.15, -0.1) is 0 Å². The molecule has 0 fully saturated rings. The van der Waals surface area contributed by atoms with Crippen LogP contribution in [-0.2, 0) is 16.6 Å². The van der Waals surface area contributed by atoms with E-state index in [2.05, 4.69) is 10.8 Å². The summed E-state index contributed by atoms with van der Waals surface area (Å²) in [4.78, 5) is 0. The van der Waals surface area contributed by atoms with Crippen LogP contribution in [0, 0.1) is 0 Å². The van der Waals surface area contributed by atoms with Gasteiger partial charge in [0.05, 0.1) is 13.4 Å². The number of anilines is 1. The van der Waals surface area contributed by atoms with Gasteiger partial charge in [0.15, 0.2) is 0 Å². The third-order valence-corrected chi connectivity index (χ3v) is 5.27. The highest BCUT2D eigenvalue weighted by Gasteiger charge is 2.20. The van der Waals surface area contributed by atoms with Gasteiger partial charge in [0, 0.05) is 11.3 Å². The summed E-state index contributed by atoms with van der Waals surface area (Å²) in [7, 11) is -1.71. The number of hydrogen-bond acceptors (Lipinski definition) is 4. The third-order valence-electron chi connectivity index (χ3n) is 4.67. The van der Waals surface area contributed by atoms with Crippen molar-refractivity contribution in [2.45, 2.75) is 6.61 Å². The average Bonchev–Trinajstić information content (AvgIpc) is 2.84. The molecule has 0 radical (unpaired) electrons. The Morgan fingerprint density at radius 1 is 1.00 bits per heavy atom. The van der Waals surface area contributed by atoms with E-state index in [1.807, 2.05) is 60.7 Å². The van der Waals surface area contributed by atoms with E-state index < -0.39 is 10.0 Å². The maximum Gasteiger partial charge on any atom is 0.229 e. The van der Waals surface area contributed by atoms with Crippen LogP contribution >= 0.6 is 0 Å². The topological polar surface area (TPSA) is 64.6 Å². The van der Waals surface area contributed by atoms with Crippen molar-refractivity contribution in [1.29, 1.82) is 0 Å². The molecular formula is C23H21NO4S. The first-order chi connectivity index (χ1) is 13.9. The monoisotopic (exact) mass is 407 g/mol. The molecule has 0 spiro atoms. The van der Waals surface area contributed by atoms with Crippen molar-refractivity contribution in [3.63, 3.8) is 0 Å². The Hall–Kier alpha value is -3.25. The lowest BCUT2D eigenvalue weighted by atomic mass is 9.92. The van der Waals surface area contributed by atoms with Crippen molar-refractivity contribution >= 4 is 27.4 Å². The normalized spacial score (nSPS) is 14.3. The van der Waals surface area contributed by atoms with Crippen LogP contribution in [0.3, 0.4) is 0 Å². The predicted octanol–water partition coefficient (Wildman–Crippen LogP) is 4.55. The largest absolute Gasteiger partial charge is 0.497 e. The number of rotatable bonds is 4. The maximum atomic E-state index is 11.6. The summed E-state index contributed by atoms with van der Waals surface area (Å²) in [6.45, 7) is 0.475. The average molecular weight is 407 g/mol. The lowest BCUT2D eigenvalue weighted by Crippen LogP contribution is -2.09. The first-order valence-electron chi connectivity index (χ1n) is 9.12. The molecule has 3 aromatic rings. The summed E-state index contributed by atoms with van der Waals surface area (Å²) in [6, 6.07) is 21.2. The molecule has 6 heteroatoms. The van der Waals surface area contributed by atoms with E-state index in [4.69, 9.17) is 9.47 Å². The molecule has 1 heterocycles. The number of nitrogens with one attached hydrogen (secondary N) is 1. The second-order valence-corrected chi connectivity index (χ2v) is 8.61. The number of ether oxygens (including phenoxy) is 2. The Morgan fingerprint density at radius 2 is 1.83 bits per heavy atom. The fraction of sp³-hybridized carbons (Fsp3) is 0.130. The van der Waals surface area contributed by atoms with E-state index in [0.717, 1.165) is 45.6 Å². The fourth-order valence-electron chi connectivity index (χ4n) is 3.41. The standard InChI is InChI=1S/C23H21NO4S/c1-27-19-10-11-23-22(14-19)21(20-9-4-3-7-17(20)15-28-23)13-16-6-5-8-18(12-16)24-29(2,25)26/h3-14,24H,15H2,1-2H3/b21-13+. The molecule has 0 bridgehead atoms. The Labute approximate surface area is 170 Å². The summed E-state index contributed by atoms with van der Waals surface area (Å²) >= 11 is 0. The van der Waals surface area contributed by atoms with Crippen molar-refractivity contribution in [2.75, 3.05) is 18.1 Å². The summed E-state index contributed by atoms with van der Waals surface area (Å²) < 4.78 is 37.2. The van der Waals surface area contributed by atoms with Gasteiger partial charge in [-0.3, -0.25) is 4.72 Å². The van der Waals surface area contributed by atoms with Gasteiger partial charge in [0.25, 0.3) is 0 Å². The summed E-state index contributed by atoms with van der Waals surface area (Å²) in [5.41, 5.74) is 5.46. The Morgan fingerprint density at radius 3 is 2.62 bits per heavy atom. The lowest BCUT2D eigenvalue weighted by molar-refractivity contribution is 0.306. The number of methoxy groups -OCH3 is 1. The number of sulfonamides is 1. The molecule has 1 aliphatic rings. The van der Waals surface area contributed by atoms with Gasteiger partial charge in [0.1, 0.15) is 18.1 Å². The highest BCUT2D eigenvalue weighted by molar-refractivity contribution is 7.92. The quantitative estimate of drug-likeness (QED) is 0.689. The summed E-state index contributed by atoms with van der Waals surface area (Å²) in [6.07, 6.45) is 3.18. The molecular weight excluding hydrogens is 386 g/mol. The van der Waals surface area contributed by atoms with Gasteiger partial charge in [-0.2, -0.15) is 0 Å². The SMILES string of the molecule is COc1ccc2c(c1)/C(=C/c1cccc(NS(C)(=O)=O)c1)c1ccccc1CO2. The van der Waals surface area contributed by atoms with E-state index >= 15 is 0 Å². The smallest absolute Gasteiger partial charge is 0.229 e. The second-order valence-electron chi connectivity index (χ2n) is 6.87. The van der Waals surface area contributed by atoms with Crippen molar-refractivity contribution in [1.82, 2.24) is 0 Å². The van der Waals surface area contributed by atoms with Crippen LogP contribution in [-0.4, -0.2) is 21.8 Å². The van der Waals surface area contributed by atoms with Gasteiger partial charge >= 0.3 is 0 Å². The molecule has 0 amide bonds. The number of fused-ring (bicyclic) bond motifs is 2. The predicted molar refractivity (Wildman–Crippen MR) is 116 cm³/mol. The first-order valence-corrected chi connectivity index (χ1v) is 11.0. The van der Waals surface area contributed by atoms with Gasteiger partial charge in [-0.25, -0.2) is 8.42 Å². The molecule has 4 rings (SSSR count). The zero-order valence-electron chi connectivity index (χ0n) is 16.2. The molecule has 0 saturated heterocycles. The third kappa shape index (κ3) is 4.27. The van der Waals surface area contributed by atoms with E-state index in [9.17, 15) is 8.42 Å². The van der Waals surface area contributed by atoms with Crippen LogP contribution in [0.4, 0.5) is 5.69 Å². The van der Waals surface area contributed by atoms with Crippen LogP contribution in [0.5, 0.6) is 11.5 Å². The van der Waals surface area contributed by atoms with Crippen molar-refractivity contribution in [3.8, 4) is 11.5 Å². The zero-order chi connectivity index (χ0) is 20.4. The highest BCUT2D eigenvalue weighted by Crippen LogP contribution is 2.39. The fourth-order valence-corrected chi connectivity index (χ4v) is 3.97. The summed E-state index contributed by atoms with van der Waals surface area (Å²) in [5.74, 6) is 1.52. The molecule has 1 N–H and O–H groups in total. The van der Waals surface area contributed by atoms with Crippen LogP contribution in [0.25, 0.3) is 11.6 Å². The molecule has 0 unspecified atom stereocenters. The van der Waals surface area contributed by atoms with Gasteiger partial charge in [0.2, 0.25) is 10.0 Å². The minimum Gasteiger partial charge on any atom is -0.497 e.